The summed E-state index contributed by atoms with van der Waals surface area (Å²) in [6.07, 6.45) is 2.09. The molecule has 3 aromatic carbocycles. The Balaban J connectivity index is 1.60. The van der Waals surface area contributed by atoms with E-state index in [4.69, 9.17) is 20.4 Å². The van der Waals surface area contributed by atoms with Crippen LogP contribution in [0, 0.1) is 5.92 Å². The molecule has 4 atom stereocenters. The van der Waals surface area contributed by atoms with Gasteiger partial charge in [-0.25, -0.2) is 12.7 Å². The normalized spacial score (nSPS) is 16.7. The van der Waals surface area contributed by atoms with E-state index < -0.39 is 67.8 Å². The zero-order valence-electron chi connectivity index (χ0n) is 29.9. The van der Waals surface area contributed by atoms with Gasteiger partial charge >= 0.3 is 5.97 Å². The highest BCUT2D eigenvalue weighted by Gasteiger charge is 2.47. The fraction of sp³-hybridized carbons (Fsp3) is 0.395. The van der Waals surface area contributed by atoms with Crippen molar-refractivity contribution < 1.29 is 40.1 Å². The second-order valence-electron chi connectivity index (χ2n) is 13.2. The van der Waals surface area contributed by atoms with Crippen LogP contribution in [-0.4, -0.2) is 75.0 Å². The molecule has 13 nitrogen and oxygen atoms in total. The molecule has 286 valence electrons. The van der Waals surface area contributed by atoms with Crippen LogP contribution in [0.5, 0.6) is 0 Å². The van der Waals surface area contributed by atoms with Gasteiger partial charge in [0, 0.05) is 12.6 Å². The van der Waals surface area contributed by atoms with Gasteiger partial charge in [-0.2, -0.15) is 8.42 Å². The topological polar surface area (TPSA) is 196 Å². The van der Waals surface area contributed by atoms with Crippen LogP contribution >= 0.6 is 0 Å². The number of allylic oxidation sites excluding steroid dienone is 1. The van der Waals surface area contributed by atoms with E-state index in [-0.39, 0.29) is 50.5 Å². The number of sulfonamides is 1. The molecule has 1 aliphatic rings. The third-order valence-electron chi connectivity index (χ3n) is 8.82. The predicted octanol–water partition coefficient (Wildman–Crippen LogP) is 3.77. The Morgan fingerprint density at radius 2 is 1.43 bits per heavy atom. The summed E-state index contributed by atoms with van der Waals surface area (Å²) in [7, 11) is -8.93. The first kappa shape index (κ1) is 41.3. The second-order valence-corrected chi connectivity index (χ2v) is 16.6. The zero-order valence-corrected chi connectivity index (χ0v) is 31.5. The van der Waals surface area contributed by atoms with Crippen molar-refractivity contribution >= 4 is 37.9 Å². The average Bonchev–Trinajstić information content (AvgIpc) is 3.64. The van der Waals surface area contributed by atoms with Gasteiger partial charge in [0.25, 0.3) is 26.0 Å². The summed E-state index contributed by atoms with van der Waals surface area (Å²) in [6.45, 7) is 2.81. The van der Waals surface area contributed by atoms with E-state index in [0.717, 1.165) is 5.41 Å². The van der Waals surface area contributed by atoms with Gasteiger partial charge in [0.1, 0.15) is 12.6 Å². The Kier molecular flexibility index (Phi) is 14.9. The van der Waals surface area contributed by atoms with Gasteiger partial charge in [0.15, 0.2) is 0 Å². The number of carbonyl (C=O) groups is 3. The first-order valence-corrected chi connectivity index (χ1v) is 20.4. The molecule has 0 spiro atoms. The van der Waals surface area contributed by atoms with E-state index >= 15 is 0 Å². The van der Waals surface area contributed by atoms with Crippen molar-refractivity contribution in [2.24, 2.45) is 17.4 Å². The lowest BCUT2D eigenvalue weighted by atomic mass is 10.0. The highest BCUT2D eigenvalue weighted by atomic mass is 32.2. The number of rotatable bonds is 18. The van der Waals surface area contributed by atoms with Gasteiger partial charge in [-0.15, -0.1) is 0 Å². The van der Waals surface area contributed by atoms with Crippen molar-refractivity contribution in [3.8, 4) is 0 Å². The van der Waals surface area contributed by atoms with Crippen molar-refractivity contribution in [3.63, 3.8) is 0 Å². The quantitative estimate of drug-likeness (QED) is 0.141. The number of hydrogen-bond acceptors (Lipinski definition) is 11. The lowest BCUT2D eigenvalue weighted by Crippen LogP contribution is -2.56. The zero-order chi connectivity index (χ0) is 38.6. The van der Waals surface area contributed by atoms with Crippen molar-refractivity contribution in [1.82, 2.24) is 9.21 Å². The van der Waals surface area contributed by atoms with Crippen LogP contribution in [0.15, 0.2) is 102 Å². The predicted molar refractivity (Wildman–Crippen MR) is 200 cm³/mol. The number of ether oxygens (including phenoxy) is 1. The second kappa shape index (κ2) is 19.1. The van der Waals surface area contributed by atoms with E-state index in [9.17, 15) is 31.2 Å². The first-order valence-electron chi connectivity index (χ1n) is 17.4. The molecule has 1 aliphatic heterocycles. The number of likely N-dealkylation sites (tertiary alicyclic amines) is 1. The molecule has 0 radical (unpaired) electrons. The highest BCUT2D eigenvalue weighted by Crippen LogP contribution is 2.31. The Bertz CT molecular complexity index is 1910. The molecule has 2 unspecified atom stereocenters. The summed E-state index contributed by atoms with van der Waals surface area (Å²) in [5, 5.41) is -1.05. The van der Waals surface area contributed by atoms with E-state index in [1.807, 2.05) is 0 Å². The number of nitrogens with two attached hydrogens (primary N) is 2. The molecule has 0 bridgehead atoms. The number of carbonyl (C=O) groups excluding carboxylic acids is 3. The molecule has 0 saturated carbocycles. The van der Waals surface area contributed by atoms with Crippen molar-refractivity contribution in [2.45, 2.75) is 76.1 Å². The van der Waals surface area contributed by atoms with Crippen molar-refractivity contribution in [2.75, 3.05) is 13.1 Å². The van der Waals surface area contributed by atoms with Gasteiger partial charge in [-0.05, 0) is 48.3 Å². The molecular formula is C38H48N4O9S2. The van der Waals surface area contributed by atoms with Crippen LogP contribution in [0.4, 0.5) is 0 Å². The summed E-state index contributed by atoms with van der Waals surface area (Å²) >= 11 is 0. The van der Waals surface area contributed by atoms with E-state index in [1.54, 1.807) is 92.7 Å². The number of nitrogens with zero attached hydrogens (tertiary/aromatic N) is 2. The molecule has 1 heterocycles. The van der Waals surface area contributed by atoms with Gasteiger partial charge in [-0.3, -0.25) is 18.6 Å². The maximum atomic E-state index is 14.7. The lowest BCUT2D eigenvalue weighted by molar-refractivity contribution is -0.145. The van der Waals surface area contributed by atoms with E-state index in [1.165, 1.54) is 23.1 Å². The SMILES string of the molecule is CC(C)[C@H](N)C(=O)N1CCC[C@H]1C(=O)N(CC(N)CC/C=C/S(=O)(=O)OCc1ccccc1)S(=O)(=O)C(C(=O)OCc1ccccc1)c1ccccc1. The summed E-state index contributed by atoms with van der Waals surface area (Å²) in [5.74, 6) is -2.75. The molecular weight excluding hydrogens is 721 g/mol. The van der Waals surface area contributed by atoms with Crippen LogP contribution in [0.3, 0.4) is 0 Å². The molecule has 53 heavy (non-hydrogen) atoms. The molecule has 0 aliphatic carbocycles. The number of hydrogen-bond donors (Lipinski definition) is 2. The summed E-state index contributed by atoms with van der Waals surface area (Å²) in [4.78, 5) is 42.8. The Morgan fingerprint density at radius 3 is 2.02 bits per heavy atom. The minimum atomic E-state index is -4.90. The third kappa shape index (κ3) is 11.5. The van der Waals surface area contributed by atoms with Gasteiger partial charge in [0.2, 0.25) is 11.2 Å². The molecule has 3 aromatic rings. The molecule has 4 N–H and O–H groups in total. The molecule has 1 saturated heterocycles. The number of amides is 2. The Morgan fingerprint density at radius 1 is 0.868 bits per heavy atom. The van der Waals surface area contributed by atoms with Crippen LogP contribution in [0.25, 0.3) is 0 Å². The molecule has 0 aromatic heterocycles. The fourth-order valence-electron chi connectivity index (χ4n) is 5.80. The molecule has 15 heteroatoms. The van der Waals surface area contributed by atoms with E-state index in [2.05, 4.69) is 0 Å². The van der Waals surface area contributed by atoms with Crippen LogP contribution in [-0.2, 0) is 56.7 Å². The van der Waals surface area contributed by atoms with Crippen LogP contribution < -0.4 is 11.5 Å². The van der Waals surface area contributed by atoms with Crippen molar-refractivity contribution in [3.05, 3.63) is 119 Å². The van der Waals surface area contributed by atoms with Gasteiger partial charge in [0.05, 0.1) is 24.6 Å². The molecule has 1 fully saturated rings. The molecule has 4 rings (SSSR count). The summed E-state index contributed by atoms with van der Waals surface area (Å²) in [6, 6.07) is 22.1. The average molecular weight is 769 g/mol. The van der Waals surface area contributed by atoms with Crippen LogP contribution in [0.2, 0.25) is 0 Å². The van der Waals surface area contributed by atoms with Crippen molar-refractivity contribution in [1.29, 1.82) is 0 Å². The van der Waals surface area contributed by atoms with E-state index in [0.29, 0.717) is 21.9 Å². The Labute approximate surface area is 312 Å². The number of benzene rings is 3. The van der Waals surface area contributed by atoms with Gasteiger partial charge < -0.3 is 21.1 Å². The standard InChI is InChI=1S/C38H48N4O9S2/c1-28(2)34(40)37(44)41-23-14-22-33(41)36(43)42(25-32(39)21-12-13-24-52(46,47)51-27-30-17-8-4-9-18-30)53(48,49)35(31-19-10-5-11-20-31)38(45)50-26-29-15-6-3-7-16-29/h3-11,13,15-20,24,28,32-35H,12,14,21-23,25-27,39-40H2,1-2H3/b24-13+/t32?,33-,34-,35?/m0/s1. The Hall–Kier alpha value is -4.41. The third-order valence-corrected chi connectivity index (χ3v) is 11.8. The smallest absolute Gasteiger partial charge is 0.331 e. The highest BCUT2D eigenvalue weighted by molar-refractivity contribution is 7.90. The maximum Gasteiger partial charge on any atom is 0.331 e. The number of esters is 1. The maximum absolute atomic E-state index is 14.7. The monoisotopic (exact) mass is 768 g/mol. The first-order chi connectivity index (χ1) is 25.2. The van der Waals surface area contributed by atoms with Gasteiger partial charge in [-0.1, -0.05) is 111 Å². The summed E-state index contributed by atoms with van der Waals surface area (Å²) < 4.78 is 65.4. The van der Waals surface area contributed by atoms with Crippen LogP contribution in [0.1, 0.15) is 61.5 Å². The lowest BCUT2D eigenvalue weighted by Gasteiger charge is -2.34. The fourth-order valence-corrected chi connectivity index (χ4v) is 8.39. The minimum absolute atomic E-state index is 0.0595. The molecule has 2 amide bonds. The largest absolute Gasteiger partial charge is 0.460 e. The minimum Gasteiger partial charge on any atom is -0.460 e. The summed E-state index contributed by atoms with van der Waals surface area (Å²) in [5.41, 5.74) is 14.0.